The number of rotatable bonds is 1. The predicted molar refractivity (Wildman–Crippen MR) is 46.6 cm³/mol. The Morgan fingerprint density at radius 1 is 1.50 bits per heavy atom. The molecular formula is C10H18O2. The van der Waals surface area contributed by atoms with Crippen LogP contribution in [0.15, 0.2) is 0 Å². The van der Waals surface area contributed by atoms with E-state index in [4.69, 9.17) is 4.74 Å². The summed E-state index contributed by atoms with van der Waals surface area (Å²) >= 11 is 0. The van der Waals surface area contributed by atoms with Crippen molar-refractivity contribution in [1.82, 2.24) is 0 Å². The highest BCUT2D eigenvalue weighted by atomic mass is 16.8. The monoisotopic (exact) mass is 170 g/mol. The maximum absolute atomic E-state index is 10.0. The average molecular weight is 170 g/mol. The van der Waals surface area contributed by atoms with Gasteiger partial charge in [-0.25, -0.2) is 0 Å². The number of ether oxygens (including phenoxy) is 1. The first-order valence-electron chi connectivity index (χ1n) is 4.93. The van der Waals surface area contributed by atoms with Crippen LogP contribution in [0.5, 0.6) is 0 Å². The second-order valence-corrected chi connectivity index (χ2v) is 4.78. The fourth-order valence-electron chi connectivity index (χ4n) is 2.63. The lowest BCUT2D eigenvalue weighted by atomic mass is 9.75. The first-order chi connectivity index (χ1) is 5.50. The molecule has 2 rings (SSSR count). The fraction of sp³-hybridized carbons (Fsp3) is 1.00. The molecule has 12 heavy (non-hydrogen) atoms. The van der Waals surface area contributed by atoms with Gasteiger partial charge in [0.2, 0.25) is 0 Å². The molecule has 0 bridgehead atoms. The van der Waals surface area contributed by atoms with E-state index in [1.807, 2.05) is 0 Å². The van der Waals surface area contributed by atoms with Gasteiger partial charge in [-0.1, -0.05) is 20.8 Å². The van der Waals surface area contributed by atoms with E-state index >= 15 is 0 Å². The van der Waals surface area contributed by atoms with Gasteiger partial charge in [-0.05, 0) is 24.7 Å². The Labute approximate surface area is 73.9 Å². The molecule has 0 radical (unpaired) electrons. The van der Waals surface area contributed by atoms with Crippen LogP contribution >= 0.6 is 0 Å². The quantitative estimate of drug-likeness (QED) is 0.610. The topological polar surface area (TPSA) is 32.8 Å². The molecule has 70 valence electrons. The molecule has 2 aliphatic rings. The van der Waals surface area contributed by atoms with Gasteiger partial charge in [-0.3, -0.25) is 0 Å². The lowest BCUT2D eigenvalue weighted by molar-refractivity contribution is 0.00903. The van der Waals surface area contributed by atoms with E-state index in [-0.39, 0.29) is 5.60 Å². The van der Waals surface area contributed by atoms with Crippen LogP contribution in [0.4, 0.5) is 0 Å². The maximum atomic E-state index is 10.0. The first kappa shape index (κ1) is 8.52. The van der Waals surface area contributed by atoms with E-state index in [0.29, 0.717) is 11.8 Å². The summed E-state index contributed by atoms with van der Waals surface area (Å²) in [7, 11) is 0. The third-order valence-electron chi connectivity index (χ3n) is 3.54. The van der Waals surface area contributed by atoms with E-state index < -0.39 is 5.79 Å². The number of aliphatic hydroxyl groups is 1. The third-order valence-corrected chi connectivity index (χ3v) is 3.54. The first-order valence-corrected chi connectivity index (χ1v) is 4.93. The summed E-state index contributed by atoms with van der Waals surface area (Å²) < 4.78 is 5.54. The Hall–Kier alpha value is -0.0800. The summed E-state index contributed by atoms with van der Waals surface area (Å²) in [4.78, 5) is 0. The van der Waals surface area contributed by atoms with Gasteiger partial charge in [0, 0.05) is 6.42 Å². The van der Waals surface area contributed by atoms with Crippen LogP contribution < -0.4 is 0 Å². The van der Waals surface area contributed by atoms with Gasteiger partial charge in [-0.2, -0.15) is 0 Å². The third kappa shape index (κ3) is 0.882. The Bertz CT molecular complexity index is 202. The van der Waals surface area contributed by atoms with Gasteiger partial charge in [0.25, 0.3) is 0 Å². The molecule has 0 spiro atoms. The molecular weight excluding hydrogens is 152 g/mol. The van der Waals surface area contributed by atoms with Crippen molar-refractivity contribution in [2.45, 2.75) is 51.4 Å². The molecule has 1 N–H and O–H groups in total. The van der Waals surface area contributed by atoms with Gasteiger partial charge in [0.1, 0.15) is 5.60 Å². The predicted octanol–water partition coefficient (Wildman–Crippen LogP) is 1.92. The summed E-state index contributed by atoms with van der Waals surface area (Å²) in [5, 5.41) is 10.0. The molecule has 1 aliphatic carbocycles. The number of fused-ring (bicyclic) bond motifs is 1. The standard InChI is InChI=1S/C10H18O2/c1-7(2)9-5-4-8(3)6-10(9,11)12-9/h7-8,11H,4-6H2,1-3H3/t8-,9+,10-/m1/s1. The smallest absolute Gasteiger partial charge is 0.196 e. The van der Waals surface area contributed by atoms with Gasteiger partial charge in [0.15, 0.2) is 5.79 Å². The molecule has 1 saturated heterocycles. The average Bonchev–Trinajstić information content (AvgIpc) is 2.55. The second-order valence-electron chi connectivity index (χ2n) is 4.78. The Morgan fingerprint density at radius 2 is 2.17 bits per heavy atom. The second kappa shape index (κ2) is 2.24. The lowest BCUT2D eigenvalue weighted by Crippen LogP contribution is -2.36. The van der Waals surface area contributed by atoms with Crippen molar-refractivity contribution in [1.29, 1.82) is 0 Å². The van der Waals surface area contributed by atoms with Gasteiger partial charge in [-0.15, -0.1) is 0 Å². The highest BCUT2D eigenvalue weighted by molar-refractivity contribution is 5.13. The zero-order valence-electron chi connectivity index (χ0n) is 8.13. The maximum Gasteiger partial charge on any atom is 0.196 e. The van der Waals surface area contributed by atoms with Crippen LogP contribution in [-0.4, -0.2) is 16.5 Å². The number of hydrogen-bond donors (Lipinski definition) is 1. The van der Waals surface area contributed by atoms with Crippen molar-refractivity contribution in [3.8, 4) is 0 Å². The zero-order valence-corrected chi connectivity index (χ0v) is 8.13. The van der Waals surface area contributed by atoms with E-state index in [1.54, 1.807) is 0 Å². The van der Waals surface area contributed by atoms with Crippen LogP contribution in [0.2, 0.25) is 0 Å². The molecule has 2 fully saturated rings. The van der Waals surface area contributed by atoms with Crippen LogP contribution in [0.1, 0.15) is 40.0 Å². The van der Waals surface area contributed by atoms with Crippen molar-refractivity contribution in [3.05, 3.63) is 0 Å². The Balaban J connectivity index is 2.15. The van der Waals surface area contributed by atoms with E-state index in [1.165, 1.54) is 6.42 Å². The van der Waals surface area contributed by atoms with Gasteiger partial charge >= 0.3 is 0 Å². The van der Waals surface area contributed by atoms with Gasteiger partial charge < -0.3 is 9.84 Å². The minimum Gasteiger partial charge on any atom is -0.363 e. The molecule has 1 saturated carbocycles. The fourth-order valence-corrected chi connectivity index (χ4v) is 2.63. The Kier molecular flexibility index (Phi) is 1.59. The summed E-state index contributed by atoms with van der Waals surface area (Å²) in [5.74, 6) is 0.290. The molecule has 0 aromatic rings. The van der Waals surface area contributed by atoms with E-state index in [2.05, 4.69) is 20.8 Å². The van der Waals surface area contributed by atoms with Crippen molar-refractivity contribution in [3.63, 3.8) is 0 Å². The molecule has 1 heterocycles. The highest BCUT2D eigenvalue weighted by Gasteiger charge is 2.72. The molecule has 0 amide bonds. The molecule has 3 atom stereocenters. The van der Waals surface area contributed by atoms with E-state index in [9.17, 15) is 5.11 Å². The molecule has 0 unspecified atom stereocenters. The molecule has 2 nitrogen and oxygen atoms in total. The molecule has 1 aliphatic heterocycles. The highest BCUT2D eigenvalue weighted by Crippen LogP contribution is 2.60. The van der Waals surface area contributed by atoms with Crippen molar-refractivity contribution in [2.75, 3.05) is 0 Å². The largest absolute Gasteiger partial charge is 0.363 e. The summed E-state index contributed by atoms with van der Waals surface area (Å²) in [6, 6.07) is 0. The molecule has 2 heteroatoms. The zero-order chi connectivity index (χ0) is 8.98. The summed E-state index contributed by atoms with van der Waals surface area (Å²) in [5.41, 5.74) is -0.181. The van der Waals surface area contributed by atoms with E-state index in [0.717, 1.165) is 12.8 Å². The normalized spacial score (nSPS) is 52.2. The van der Waals surface area contributed by atoms with Crippen molar-refractivity contribution >= 4 is 0 Å². The Morgan fingerprint density at radius 3 is 2.67 bits per heavy atom. The SMILES string of the molecule is CC(C)[C@@]12CC[C@@H](C)C[C@@]1(O)O2. The lowest BCUT2D eigenvalue weighted by Gasteiger charge is -2.27. The molecule has 0 aromatic heterocycles. The minimum atomic E-state index is -0.765. The van der Waals surface area contributed by atoms with Crippen LogP contribution in [0.3, 0.4) is 0 Å². The van der Waals surface area contributed by atoms with Crippen molar-refractivity contribution in [2.24, 2.45) is 11.8 Å². The minimum absolute atomic E-state index is 0.181. The number of hydrogen-bond acceptors (Lipinski definition) is 2. The number of epoxide rings is 1. The summed E-state index contributed by atoms with van der Waals surface area (Å²) in [6.45, 7) is 6.45. The van der Waals surface area contributed by atoms with Crippen molar-refractivity contribution < 1.29 is 9.84 Å². The van der Waals surface area contributed by atoms with Crippen LogP contribution in [0, 0.1) is 11.8 Å². The van der Waals surface area contributed by atoms with Gasteiger partial charge in [0.05, 0.1) is 0 Å². The molecule has 0 aromatic carbocycles. The van der Waals surface area contributed by atoms with Crippen LogP contribution in [-0.2, 0) is 4.74 Å². The van der Waals surface area contributed by atoms with Crippen LogP contribution in [0.25, 0.3) is 0 Å². The summed E-state index contributed by atoms with van der Waals surface area (Å²) in [6.07, 6.45) is 3.05.